The highest BCUT2D eigenvalue weighted by Crippen LogP contribution is 2.27. The Morgan fingerprint density at radius 1 is 1.21 bits per heavy atom. The number of nitrogens with one attached hydrogen (secondary N) is 1. The standard InChI is InChI=1S/C13H7BrF2INO/c14-9-5-7(15)6-10(16)12(9)18-13(19)8-3-1-2-4-11(8)17/h1-6H,(H,18,19). The summed E-state index contributed by atoms with van der Waals surface area (Å²) in [7, 11) is 0. The van der Waals surface area contributed by atoms with Crippen molar-refractivity contribution in [2.75, 3.05) is 5.32 Å². The third-order valence-electron chi connectivity index (χ3n) is 2.36. The second-order valence-corrected chi connectivity index (χ2v) is 5.69. The van der Waals surface area contributed by atoms with Gasteiger partial charge in [-0.1, -0.05) is 12.1 Å². The minimum Gasteiger partial charge on any atom is -0.318 e. The average Bonchev–Trinajstić information content (AvgIpc) is 2.34. The molecule has 0 aromatic heterocycles. The van der Waals surface area contributed by atoms with Gasteiger partial charge in [-0.25, -0.2) is 8.78 Å². The van der Waals surface area contributed by atoms with Gasteiger partial charge in [-0.3, -0.25) is 4.79 Å². The van der Waals surface area contributed by atoms with Crippen LogP contribution in [0.2, 0.25) is 0 Å². The summed E-state index contributed by atoms with van der Waals surface area (Å²) < 4.78 is 27.5. The van der Waals surface area contributed by atoms with E-state index in [1.54, 1.807) is 24.3 Å². The normalized spacial score (nSPS) is 10.3. The first-order valence-corrected chi connectivity index (χ1v) is 7.06. The largest absolute Gasteiger partial charge is 0.318 e. The number of anilines is 1. The zero-order chi connectivity index (χ0) is 14.0. The SMILES string of the molecule is O=C(Nc1c(F)cc(F)cc1Br)c1ccccc1I. The van der Waals surface area contributed by atoms with Crippen LogP contribution in [-0.4, -0.2) is 5.91 Å². The van der Waals surface area contributed by atoms with Crippen molar-refractivity contribution in [1.82, 2.24) is 0 Å². The number of hydrogen-bond donors (Lipinski definition) is 1. The van der Waals surface area contributed by atoms with Gasteiger partial charge in [0.25, 0.3) is 5.91 Å². The molecule has 1 N–H and O–H groups in total. The Morgan fingerprint density at radius 2 is 1.89 bits per heavy atom. The van der Waals surface area contributed by atoms with E-state index in [-0.39, 0.29) is 10.2 Å². The highest BCUT2D eigenvalue weighted by Gasteiger charge is 2.15. The van der Waals surface area contributed by atoms with E-state index in [0.29, 0.717) is 5.56 Å². The van der Waals surface area contributed by atoms with Gasteiger partial charge >= 0.3 is 0 Å². The quantitative estimate of drug-likeness (QED) is 0.684. The molecule has 2 nitrogen and oxygen atoms in total. The summed E-state index contributed by atoms with van der Waals surface area (Å²) in [6.07, 6.45) is 0. The maximum Gasteiger partial charge on any atom is 0.256 e. The minimum atomic E-state index is -0.828. The molecule has 0 radical (unpaired) electrons. The lowest BCUT2D eigenvalue weighted by atomic mass is 10.2. The lowest BCUT2D eigenvalue weighted by Crippen LogP contribution is -2.15. The maximum atomic E-state index is 13.6. The summed E-state index contributed by atoms with van der Waals surface area (Å²) in [6, 6.07) is 8.73. The van der Waals surface area contributed by atoms with Crippen LogP contribution in [0.3, 0.4) is 0 Å². The van der Waals surface area contributed by atoms with E-state index in [9.17, 15) is 13.6 Å². The van der Waals surface area contributed by atoms with Crippen molar-refractivity contribution in [3.8, 4) is 0 Å². The Balaban J connectivity index is 2.32. The smallest absolute Gasteiger partial charge is 0.256 e. The third-order valence-corrected chi connectivity index (χ3v) is 3.93. The first-order valence-electron chi connectivity index (χ1n) is 5.19. The molecule has 0 unspecified atom stereocenters. The Morgan fingerprint density at radius 3 is 2.53 bits per heavy atom. The Labute approximate surface area is 130 Å². The van der Waals surface area contributed by atoms with Gasteiger partial charge in [-0.2, -0.15) is 0 Å². The molecule has 19 heavy (non-hydrogen) atoms. The summed E-state index contributed by atoms with van der Waals surface area (Å²) in [4.78, 5) is 12.0. The first-order chi connectivity index (χ1) is 8.99. The Bertz CT molecular complexity index is 625. The van der Waals surface area contributed by atoms with Crippen LogP contribution in [0.1, 0.15) is 10.4 Å². The van der Waals surface area contributed by atoms with Gasteiger partial charge in [0.2, 0.25) is 0 Å². The van der Waals surface area contributed by atoms with Gasteiger partial charge in [0.15, 0.2) is 5.82 Å². The number of amides is 1. The molecule has 2 rings (SSSR count). The number of carbonyl (C=O) groups is 1. The predicted octanol–water partition coefficient (Wildman–Crippen LogP) is 4.58. The van der Waals surface area contributed by atoms with E-state index >= 15 is 0 Å². The van der Waals surface area contributed by atoms with Crippen molar-refractivity contribution in [2.24, 2.45) is 0 Å². The molecule has 2 aromatic carbocycles. The molecule has 0 atom stereocenters. The maximum absolute atomic E-state index is 13.6. The van der Waals surface area contributed by atoms with Gasteiger partial charge in [0, 0.05) is 14.1 Å². The summed E-state index contributed by atoms with van der Waals surface area (Å²) in [5, 5.41) is 2.43. The fraction of sp³-hybridized carbons (Fsp3) is 0. The highest BCUT2D eigenvalue weighted by molar-refractivity contribution is 14.1. The van der Waals surface area contributed by atoms with Crippen LogP contribution < -0.4 is 5.32 Å². The van der Waals surface area contributed by atoms with E-state index in [1.807, 2.05) is 22.6 Å². The van der Waals surface area contributed by atoms with E-state index in [4.69, 9.17) is 0 Å². The molecule has 2 aromatic rings. The van der Waals surface area contributed by atoms with Crippen molar-refractivity contribution in [3.05, 3.63) is 61.6 Å². The summed E-state index contributed by atoms with van der Waals surface area (Å²) in [5.74, 6) is -1.99. The zero-order valence-electron chi connectivity index (χ0n) is 9.38. The van der Waals surface area contributed by atoms with Crippen LogP contribution in [0.4, 0.5) is 14.5 Å². The number of carbonyl (C=O) groups excluding carboxylic acids is 1. The van der Waals surface area contributed by atoms with Crippen molar-refractivity contribution in [3.63, 3.8) is 0 Å². The van der Waals surface area contributed by atoms with Crippen LogP contribution in [0.25, 0.3) is 0 Å². The molecule has 0 fully saturated rings. The molecule has 0 aliphatic carbocycles. The van der Waals surface area contributed by atoms with Crippen LogP contribution in [0, 0.1) is 15.2 Å². The molecular weight excluding hydrogens is 431 g/mol. The lowest BCUT2D eigenvalue weighted by Gasteiger charge is -2.09. The average molecular weight is 438 g/mol. The van der Waals surface area contributed by atoms with Gasteiger partial charge in [-0.15, -0.1) is 0 Å². The second-order valence-electron chi connectivity index (χ2n) is 3.68. The van der Waals surface area contributed by atoms with E-state index < -0.39 is 17.5 Å². The van der Waals surface area contributed by atoms with Gasteiger partial charge < -0.3 is 5.32 Å². The summed E-state index contributed by atoms with van der Waals surface area (Å²) in [5.41, 5.74) is 0.352. The lowest BCUT2D eigenvalue weighted by molar-refractivity contribution is 0.102. The molecule has 0 saturated carbocycles. The van der Waals surface area contributed by atoms with Gasteiger partial charge in [0.1, 0.15) is 5.82 Å². The molecule has 0 aliphatic rings. The minimum absolute atomic E-state index is 0.0777. The summed E-state index contributed by atoms with van der Waals surface area (Å²) in [6.45, 7) is 0. The second kappa shape index (κ2) is 5.96. The topological polar surface area (TPSA) is 29.1 Å². The molecule has 1 amide bonds. The third kappa shape index (κ3) is 3.30. The van der Waals surface area contributed by atoms with Crippen LogP contribution in [0.5, 0.6) is 0 Å². The first kappa shape index (κ1) is 14.4. The van der Waals surface area contributed by atoms with Crippen LogP contribution in [-0.2, 0) is 0 Å². The summed E-state index contributed by atoms with van der Waals surface area (Å²) >= 11 is 5.04. The fourth-order valence-electron chi connectivity index (χ4n) is 1.49. The van der Waals surface area contributed by atoms with E-state index in [1.165, 1.54) is 0 Å². The molecule has 98 valence electrons. The molecule has 6 heteroatoms. The van der Waals surface area contributed by atoms with E-state index in [0.717, 1.165) is 15.7 Å². The number of halogens is 4. The number of benzene rings is 2. The van der Waals surface area contributed by atoms with Crippen LogP contribution >= 0.6 is 38.5 Å². The number of hydrogen-bond acceptors (Lipinski definition) is 1. The highest BCUT2D eigenvalue weighted by atomic mass is 127. The monoisotopic (exact) mass is 437 g/mol. The Kier molecular flexibility index (Phi) is 4.51. The molecule has 0 saturated heterocycles. The molecule has 0 bridgehead atoms. The van der Waals surface area contributed by atoms with E-state index in [2.05, 4.69) is 21.2 Å². The molecule has 0 spiro atoms. The van der Waals surface area contributed by atoms with Crippen molar-refractivity contribution in [1.29, 1.82) is 0 Å². The van der Waals surface area contributed by atoms with Crippen molar-refractivity contribution < 1.29 is 13.6 Å². The fourth-order valence-corrected chi connectivity index (χ4v) is 2.63. The molecular formula is C13H7BrF2INO. The van der Waals surface area contributed by atoms with Gasteiger partial charge in [0.05, 0.1) is 11.3 Å². The molecule has 0 heterocycles. The Hall–Kier alpha value is -1.02. The number of rotatable bonds is 2. The van der Waals surface area contributed by atoms with Crippen LogP contribution in [0.15, 0.2) is 40.9 Å². The zero-order valence-corrected chi connectivity index (χ0v) is 13.1. The van der Waals surface area contributed by atoms with Gasteiger partial charge in [-0.05, 0) is 56.7 Å². The van der Waals surface area contributed by atoms with Crippen molar-refractivity contribution in [2.45, 2.75) is 0 Å². The molecule has 0 aliphatic heterocycles. The van der Waals surface area contributed by atoms with Crippen molar-refractivity contribution >= 4 is 50.1 Å². The predicted molar refractivity (Wildman–Crippen MR) is 81.2 cm³/mol.